The van der Waals surface area contributed by atoms with Crippen LogP contribution >= 0.6 is 22.6 Å². The van der Waals surface area contributed by atoms with E-state index in [4.69, 9.17) is 10.5 Å². The maximum absolute atomic E-state index is 11.4. The fourth-order valence-corrected chi connectivity index (χ4v) is 1.31. The summed E-state index contributed by atoms with van der Waals surface area (Å²) < 4.78 is 9.66. The van der Waals surface area contributed by atoms with E-state index in [1.807, 2.05) is 22.6 Å². The molecule has 0 aliphatic carbocycles. The van der Waals surface area contributed by atoms with Gasteiger partial charge in [-0.05, 0) is 20.8 Å². The monoisotopic (exact) mass is 344 g/mol. The van der Waals surface area contributed by atoms with Gasteiger partial charge in [0.25, 0.3) is 0 Å². The molecule has 7 heteroatoms. The molecule has 0 heterocycles. The molecule has 0 aromatic rings. The lowest BCUT2D eigenvalue weighted by atomic mass is 10.2. The number of carbonyl (C=O) groups excluding carboxylic acids is 2. The van der Waals surface area contributed by atoms with Gasteiger partial charge >= 0.3 is 12.1 Å². The van der Waals surface area contributed by atoms with Crippen LogP contribution in [-0.4, -0.2) is 34.9 Å². The van der Waals surface area contributed by atoms with Crippen molar-refractivity contribution < 1.29 is 19.1 Å². The fraction of sp³-hybridized carbons (Fsp3) is 0.778. The topological polar surface area (TPSA) is 90.6 Å². The zero-order chi connectivity index (χ0) is 13.0. The van der Waals surface area contributed by atoms with E-state index in [2.05, 4.69) is 10.1 Å². The van der Waals surface area contributed by atoms with E-state index in [0.717, 1.165) is 0 Å². The Labute approximate surface area is 108 Å². The highest BCUT2D eigenvalue weighted by Gasteiger charge is 2.37. The number of alkyl halides is 1. The van der Waals surface area contributed by atoms with E-state index in [1.165, 1.54) is 7.11 Å². The number of esters is 1. The molecule has 0 radical (unpaired) electrons. The Morgan fingerprint density at radius 1 is 1.38 bits per heavy atom. The molecule has 16 heavy (non-hydrogen) atoms. The average molecular weight is 344 g/mol. The van der Waals surface area contributed by atoms with Gasteiger partial charge in [-0.2, -0.15) is 0 Å². The molecular weight excluding hydrogens is 327 g/mol. The molecule has 0 aromatic heterocycles. The molecule has 0 unspecified atom stereocenters. The van der Waals surface area contributed by atoms with Gasteiger partial charge in [0.05, 0.1) is 7.11 Å². The maximum Gasteiger partial charge on any atom is 0.409 e. The molecular formula is C9H17IN2O4. The van der Waals surface area contributed by atoms with Gasteiger partial charge in [0.1, 0.15) is 5.60 Å². The molecule has 3 N–H and O–H groups in total. The van der Waals surface area contributed by atoms with E-state index >= 15 is 0 Å². The van der Waals surface area contributed by atoms with Crippen LogP contribution in [0.25, 0.3) is 0 Å². The second-order valence-electron chi connectivity index (χ2n) is 4.22. The Balaban J connectivity index is 4.55. The molecule has 1 atom stereocenters. The number of carbonyl (C=O) groups is 2. The summed E-state index contributed by atoms with van der Waals surface area (Å²) in [6.45, 7) is 5.15. The van der Waals surface area contributed by atoms with Gasteiger partial charge in [-0.1, -0.05) is 22.6 Å². The van der Waals surface area contributed by atoms with Gasteiger partial charge in [0, 0.05) is 4.43 Å². The maximum atomic E-state index is 11.4. The standard InChI is InChI=1S/C9H17IN2O4/c1-8(2,3)16-7(14)12-9(11,5-10)6(13)15-4/h5,11H2,1-4H3,(H,12,14)/t9-/m1/s1. The first-order chi connectivity index (χ1) is 7.14. The van der Waals surface area contributed by atoms with Crippen LogP contribution in [0.15, 0.2) is 0 Å². The first-order valence-corrected chi connectivity index (χ1v) is 6.11. The minimum Gasteiger partial charge on any atom is -0.466 e. The summed E-state index contributed by atoms with van der Waals surface area (Å²) in [5, 5.41) is 2.28. The van der Waals surface area contributed by atoms with Crippen molar-refractivity contribution in [3.63, 3.8) is 0 Å². The number of nitrogens with one attached hydrogen (secondary N) is 1. The quantitative estimate of drug-likeness (QED) is 0.342. The van der Waals surface area contributed by atoms with Crippen LogP contribution < -0.4 is 11.1 Å². The summed E-state index contributed by atoms with van der Waals surface area (Å²) in [6.07, 6.45) is -0.753. The van der Waals surface area contributed by atoms with Crippen LogP contribution in [0, 0.1) is 0 Å². The zero-order valence-electron chi connectivity index (χ0n) is 9.80. The van der Waals surface area contributed by atoms with Crippen LogP contribution in [0.1, 0.15) is 20.8 Å². The zero-order valence-corrected chi connectivity index (χ0v) is 12.0. The highest BCUT2D eigenvalue weighted by Crippen LogP contribution is 2.09. The molecule has 0 saturated heterocycles. The number of nitrogens with two attached hydrogens (primary N) is 1. The Morgan fingerprint density at radius 3 is 2.19 bits per heavy atom. The summed E-state index contributed by atoms with van der Waals surface area (Å²) in [7, 11) is 1.20. The van der Waals surface area contributed by atoms with Crippen LogP contribution in [0.5, 0.6) is 0 Å². The number of halogens is 1. The van der Waals surface area contributed by atoms with Crippen LogP contribution in [0.3, 0.4) is 0 Å². The molecule has 0 aliphatic rings. The van der Waals surface area contributed by atoms with Gasteiger partial charge in [0.15, 0.2) is 5.66 Å². The summed E-state index contributed by atoms with van der Waals surface area (Å²) in [5.41, 5.74) is 3.47. The molecule has 0 spiro atoms. The lowest BCUT2D eigenvalue weighted by Crippen LogP contribution is -2.63. The van der Waals surface area contributed by atoms with Gasteiger partial charge in [-0.25, -0.2) is 9.59 Å². The van der Waals surface area contributed by atoms with Crippen molar-refractivity contribution in [1.29, 1.82) is 0 Å². The number of rotatable bonds is 3. The molecule has 1 amide bonds. The summed E-state index contributed by atoms with van der Waals surface area (Å²) >= 11 is 1.88. The highest BCUT2D eigenvalue weighted by atomic mass is 127. The molecule has 94 valence electrons. The van der Waals surface area contributed by atoms with Crippen LogP contribution in [0.4, 0.5) is 4.79 Å². The van der Waals surface area contributed by atoms with Gasteiger partial charge < -0.3 is 9.47 Å². The van der Waals surface area contributed by atoms with E-state index in [-0.39, 0.29) is 4.43 Å². The molecule has 0 aromatic carbocycles. The van der Waals surface area contributed by atoms with Gasteiger partial charge in [-0.15, -0.1) is 0 Å². The molecule has 0 bridgehead atoms. The van der Waals surface area contributed by atoms with Crippen molar-refractivity contribution in [1.82, 2.24) is 5.32 Å². The molecule has 6 nitrogen and oxygen atoms in total. The van der Waals surface area contributed by atoms with Crippen molar-refractivity contribution in [2.75, 3.05) is 11.5 Å². The molecule has 0 rings (SSSR count). The Hall–Kier alpha value is -0.570. The third-order valence-electron chi connectivity index (χ3n) is 1.48. The number of methoxy groups -OCH3 is 1. The van der Waals surface area contributed by atoms with Gasteiger partial charge in [-0.3, -0.25) is 11.1 Å². The second-order valence-corrected chi connectivity index (χ2v) is 4.99. The van der Waals surface area contributed by atoms with E-state index < -0.39 is 23.3 Å². The molecule has 0 aliphatic heterocycles. The van der Waals surface area contributed by atoms with Crippen molar-refractivity contribution in [3.8, 4) is 0 Å². The minimum atomic E-state index is -1.56. The van der Waals surface area contributed by atoms with Crippen LogP contribution in [-0.2, 0) is 14.3 Å². The average Bonchev–Trinajstić information content (AvgIpc) is 2.13. The second kappa shape index (κ2) is 5.67. The normalized spacial score (nSPS) is 14.9. The number of amides is 1. The third-order valence-corrected chi connectivity index (χ3v) is 2.69. The number of hydrogen-bond donors (Lipinski definition) is 2. The Morgan fingerprint density at radius 2 is 1.88 bits per heavy atom. The van der Waals surface area contributed by atoms with E-state index in [9.17, 15) is 9.59 Å². The SMILES string of the molecule is COC(=O)[C@@](N)(CI)NC(=O)OC(C)(C)C. The number of hydrogen-bond acceptors (Lipinski definition) is 5. The fourth-order valence-electron chi connectivity index (χ4n) is 0.807. The Kier molecular flexibility index (Phi) is 5.47. The largest absolute Gasteiger partial charge is 0.466 e. The predicted octanol–water partition coefficient (Wildman–Crippen LogP) is 0.774. The predicted molar refractivity (Wildman–Crippen MR) is 67.2 cm³/mol. The lowest BCUT2D eigenvalue weighted by Gasteiger charge is -2.27. The first-order valence-electron chi connectivity index (χ1n) is 4.59. The van der Waals surface area contributed by atoms with Crippen molar-refractivity contribution >= 4 is 34.7 Å². The summed E-state index contributed by atoms with van der Waals surface area (Å²) in [6, 6.07) is 0. The van der Waals surface area contributed by atoms with Crippen LogP contribution in [0.2, 0.25) is 0 Å². The van der Waals surface area contributed by atoms with E-state index in [0.29, 0.717) is 0 Å². The third kappa shape index (κ3) is 4.97. The minimum absolute atomic E-state index is 0.177. The lowest BCUT2D eigenvalue weighted by molar-refractivity contribution is -0.147. The molecule has 0 fully saturated rings. The number of ether oxygens (including phenoxy) is 2. The van der Waals surface area contributed by atoms with Crippen molar-refractivity contribution in [3.05, 3.63) is 0 Å². The molecule has 0 saturated carbocycles. The first kappa shape index (κ1) is 15.4. The summed E-state index contributed by atoms with van der Waals surface area (Å²) in [5.74, 6) is -0.715. The smallest absolute Gasteiger partial charge is 0.409 e. The van der Waals surface area contributed by atoms with Gasteiger partial charge in [0.2, 0.25) is 0 Å². The highest BCUT2D eigenvalue weighted by molar-refractivity contribution is 14.1. The van der Waals surface area contributed by atoms with E-state index in [1.54, 1.807) is 20.8 Å². The van der Waals surface area contributed by atoms with Crippen molar-refractivity contribution in [2.24, 2.45) is 5.73 Å². The van der Waals surface area contributed by atoms with Crippen molar-refractivity contribution in [2.45, 2.75) is 32.0 Å². The Bertz CT molecular complexity index is 277. The number of alkyl carbamates (subject to hydrolysis) is 1. The summed E-state index contributed by atoms with van der Waals surface area (Å²) in [4.78, 5) is 22.8.